The van der Waals surface area contributed by atoms with Gasteiger partial charge in [-0.3, -0.25) is 4.98 Å². The molecule has 0 aliphatic heterocycles. The van der Waals surface area contributed by atoms with Gasteiger partial charge in [0.05, 0.1) is 5.69 Å². The fourth-order valence-electron chi connectivity index (χ4n) is 1.61. The van der Waals surface area contributed by atoms with Gasteiger partial charge < -0.3 is 5.73 Å². The minimum absolute atomic E-state index is 0.0330. The summed E-state index contributed by atoms with van der Waals surface area (Å²) in [5, 5.41) is 0. The van der Waals surface area contributed by atoms with E-state index >= 15 is 0 Å². The molecule has 18 heavy (non-hydrogen) atoms. The Kier molecular flexibility index (Phi) is 3.34. The van der Waals surface area contributed by atoms with E-state index in [4.69, 9.17) is 5.73 Å². The molecule has 2 nitrogen and oxygen atoms in total. The number of alkyl halides is 3. The van der Waals surface area contributed by atoms with Crippen molar-refractivity contribution in [1.82, 2.24) is 4.98 Å². The zero-order valence-corrected chi connectivity index (χ0v) is 9.35. The number of rotatable bonds is 2. The normalized spacial score (nSPS) is 13.3. The second-order valence-corrected chi connectivity index (χ2v) is 3.86. The van der Waals surface area contributed by atoms with Crippen molar-refractivity contribution < 1.29 is 13.2 Å². The van der Waals surface area contributed by atoms with Crippen molar-refractivity contribution in [1.29, 1.82) is 0 Å². The van der Waals surface area contributed by atoms with Gasteiger partial charge in [0.2, 0.25) is 0 Å². The molecule has 0 radical (unpaired) electrons. The number of benzene rings is 1. The standard InChI is InChI=1S/C13H11F3N2/c14-13(15,16)12(17)10-5-3-4-9(8-10)11-6-1-2-7-18-11/h1-8,12H,17H2/t12-/m0/s1. The number of aromatic nitrogens is 1. The lowest BCUT2D eigenvalue weighted by Crippen LogP contribution is -2.28. The number of halogens is 3. The number of nitrogens with two attached hydrogens (primary N) is 1. The molecule has 1 atom stereocenters. The largest absolute Gasteiger partial charge is 0.407 e. The Morgan fingerprint density at radius 3 is 2.44 bits per heavy atom. The summed E-state index contributed by atoms with van der Waals surface area (Å²) in [6, 6.07) is 9.32. The maximum atomic E-state index is 12.5. The van der Waals surface area contributed by atoms with E-state index in [0.29, 0.717) is 11.3 Å². The summed E-state index contributed by atoms with van der Waals surface area (Å²) in [6.07, 6.45) is -2.85. The predicted octanol–water partition coefficient (Wildman–Crippen LogP) is 3.31. The number of hydrogen-bond acceptors (Lipinski definition) is 2. The maximum absolute atomic E-state index is 12.5. The fraction of sp³-hybridized carbons (Fsp3) is 0.154. The lowest BCUT2D eigenvalue weighted by molar-refractivity contribution is -0.149. The second-order valence-electron chi connectivity index (χ2n) is 3.86. The third kappa shape index (κ3) is 2.68. The van der Waals surface area contributed by atoms with Crippen LogP contribution in [0.3, 0.4) is 0 Å². The molecule has 0 fully saturated rings. The third-order valence-corrected chi connectivity index (χ3v) is 2.56. The summed E-state index contributed by atoms with van der Waals surface area (Å²) in [6.45, 7) is 0. The highest BCUT2D eigenvalue weighted by Gasteiger charge is 2.37. The van der Waals surface area contributed by atoms with Crippen LogP contribution < -0.4 is 5.73 Å². The minimum atomic E-state index is -4.44. The van der Waals surface area contributed by atoms with Gasteiger partial charge in [0.15, 0.2) is 0 Å². The quantitative estimate of drug-likeness (QED) is 0.890. The first-order chi connectivity index (χ1) is 8.48. The van der Waals surface area contributed by atoms with E-state index in [2.05, 4.69) is 4.98 Å². The Morgan fingerprint density at radius 2 is 1.83 bits per heavy atom. The molecule has 2 aromatic rings. The van der Waals surface area contributed by atoms with Gasteiger partial charge in [-0.2, -0.15) is 13.2 Å². The molecule has 0 spiro atoms. The summed E-state index contributed by atoms with van der Waals surface area (Å²) in [5.41, 5.74) is 6.44. The molecule has 2 rings (SSSR count). The SMILES string of the molecule is N[C@@H](c1cccc(-c2ccccn2)c1)C(F)(F)F. The smallest absolute Gasteiger partial charge is 0.316 e. The van der Waals surface area contributed by atoms with E-state index < -0.39 is 12.2 Å². The zero-order valence-electron chi connectivity index (χ0n) is 9.35. The van der Waals surface area contributed by atoms with Gasteiger partial charge in [-0.1, -0.05) is 24.3 Å². The Labute approximate surface area is 102 Å². The van der Waals surface area contributed by atoms with Gasteiger partial charge >= 0.3 is 6.18 Å². The molecule has 5 heteroatoms. The van der Waals surface area contributed by atoms with E-state index in [1.807, 2.05) is 0 Å². The predicted molar refractivity (Wildman–Crippen MR) is 62.7 cm³/mol. The molecular weight excluding hydrogens is 241 g/mol. The Hall–Kier alpha value is -1.88. The first-order valence-corrected chi connectivity index (χ1v) is 5.32. The van der Waals surface area contributed by atoms with Crippen LogP contribution in [0.5, 0.6) is 0 Å². The average molecular weight is 252 g/mol. The monoisotopic (exact) mass is 252 g/mol. The summed E-state index contributed by atoms with van der Waals surface area (Å²) < 4.78 is 37.6. The van der Waals surface area contributed by atoms with Crippen molar-refractivity contribution in [3.05, 3.63) is 54.2 Å². The summed E-state index contributed by atoms with van der Waals surface area (Å²) >= 11 is 0. The van der Waals surface area contributed by atoms with E-state index in [1.54, 1.807) is 36.5 Å². The van der Waals surface area contributed by atoms with Crippen LogP contribution in [0.2, 0.25) is 0 Å². The van der Waals surface area contributed by atoms with Gasteiger partial charge in [-0.05, 0) is 23.8 Å². The molecule has 1 aromatic carbocycles. The first-order valence-electron chi connectivity index (χ1n) is 5.32. The lowest BCUT2D eigenvalue weighted by atomic mass is 10.0. The van der Waals surface area contributed by atoms with Crippen molar-refractivity contribution in [3.63, 3.8) is 0 Å². The number of hydrogen-bond donors (Lipinski definition) is 1. The van der Waals surface area contributed by atoms with Crippen LogP contribution in [0.1, 0.15) is 11.6 Å². The van der Waals surface area contributed by atoms with Crippen molar-refractivity contribution in [2.24, 2.45) is 5.73 Å². The minimum Gasteiger partial charge on any atom is -0.316 e. The molecule has 0 bridgehead atoms. The molecule has 0 saturated heterocycles. The molecule has 94 valence electrons. The van der Waals surface area contributed by atoms with Gasteiger partial charge in [-0.15, -0.1) is 0 Å². The van der Waals surface area contributed by atoms with Gasteiger partial charge in [0.1, 0.15) is 6.04 Å². The molecule has 0 saturated carbocycles. The van der Waals surface area contributed by atoms with Crippen molar-refractivity contribution in [2.75, 3.05) is 0 Å². The van der Waals surface area contributed by atoms with Gasteiger partial charge in [0, 0.05) is 11.8 Å². The zero-order chi connectivity index (χ0) is 13.2. The van der Waals surface area contributed by atoms with Crippen molar-refractivity contribution >= 4 is 0 Å². The van der Waals surface area contributed by atoms with E-state index in [1.165, 1.54) is 12.1 Å². The lowest BCUT2D eigenvalue weighted by Gasteiger charge is -2.16. The van der Waals surface area contributed by atoms with E-state index in [-0.39, 0.29) is 5.56 Å². The van der Waals surface area contributed by atoms with Crippen molar-refractivity contribution in [3.8, 4) is 11.3 Å². The summed E-state index contributed by atoms with van der Waals surface area (Å²) in [4.78, 5) is 4.09. The molecule has 0 amide bonds. The van der Waals surface area contributed by atoms with Crippen LogP contribution in [0.4, 0.5) is 13.2 Å². The highest BCUT2D eigenvalue weighted by molar-refractivity contribution is 5.59. The maximum Gasteiger partial charge on any atom is 0.407 e. The van der Waals surface area contributed by atoms with Crippen LogP contribution in [-0.2, 0) is 0 Å². The average Bonchev–Trinajstić information content (AvgIpc) is 2.38. The Balaban J connectivity index is 2.37. The van der Waals surface area contributed by atoms with E-state index in [9.17, 15) is 13.2 Å². The van der Waals surface area contributed by atoms with Crippen LogP contribution in [0, 0.1) is 0 Å². The molecule has 1 heterocycles. The molecule has 0 aliphatic rings. The van der Waals surface area contributed by atoms with Crippen LogP contribution in [0.15, 0.2) is 48.7 Å². The Bertz CT molecular complexity index is 523. The summed E-state index contributed by atoms with van der Waals surface area (Å²) in [7, 11) is 0. The molecule has 0 aliphatic carbocycles. The molecule has 1 aromatic heterocycles. The van der Waals surface area contributed by atoms with Crippen LogP contribution >= 0.6 is 0 Å². The molecular formula is C13H11F3N2. The molecule has 0 unspecified atom stereocenters. The van der Waals surface area contributed by atoms with E-state index in [0.717, 1.165) is 0 Å². The van der Waals surface area contributed by atoms with Crippen LogP contribution in [-0.4, -0.2) is 11.2 Å². The third-order valence-electron chi connectivity index (χ3n) is 2.56. The number of nitrogens with zero attached hydrogens (tertiary/aromatic N) is 1. The Morgan fingerprint density at radius 1 is 1.06 bits per heavy atom. The fourth-order valence-corrected chi connectivity index (χ4v) is 1.61. The second kappa shape index (κ2) is 4.78. The summed E-state index contributed by atoms with van der Waals surface area (Å²) in [5.74, 6) is 0. The van der Waals surface area contributed by atoms with Gasteiger partial charge in [0.25, 0.3) is 0 Å². The number of pyridine rings is 1. The highest BCUT2D eigenvalue weighted by Crippen LogP contribution is 2.31. The topological polar surface area (TPSA) is 38.9 Å². The first kappa shape index (κ1) is 12.6. The van der Waals surface area contributed by atoms with Gasteiger partial charge in [-0.25, -0.2) is 0 Å². The molecule has 2 N–H and O–H groups in total. The van der Waals surface area contributed by atoms with Crippen molar-refractivity contribution in [2.45, 2.75) is 12.2 Å². The highest BCUT2D eigenvalue weighted by atomic mass is 19.4. The van der Waals surface area contributed by atoms with Crippen LogP contribution in [0.25, 0.3) is 11.3 Å².